The highest BCUT2D eigenvalue weighted by molar-refractivity contribution is 5.87. The minimum absolute atomic E-state index is 0. The molecule has 0 atom stereocenters. The third-order valence-electron chi connectivity index (χ3n) is 1.82. The van der Waals surface area contributed by atoms with Gasteiger partial charge in [-0.3, -0.25) is 0 Å². The minimum atomic E-state index is -0.375. The number of halogens is 2. The number of rotatable bonds is 7. The summed E-state index contributed by atoms with van der Waals surface area (Å²) in [5, 5.41) is 0. The van der Waals surface area contributed by atoms with Crippen molar-refractivity contribution in [2.45, 2.75) is 13.8 Å². The average Bonchev–Trinajstić information content (AvgIpc) is 2.35. The van der Waals surface area contributed by atoms with Crippen LogP contribution in [0.4, 0.5) is 0 Å². The fourth-order valence-corrected chi connectivity index (χ4v) is 0.719. The first-order valence-electron chi connectivity index (χ1n) is 6.22. The quantitative estimate of drug-likeness (QED) is 0.549. The highest BCUT2D eigenvalue weighted by Gasteiger charge is 2.01. The van der Waals surface area contributed by atoms with Gasteiger partial charge in [-0.05, 0) is 27.9 Å². The maximum Gasteiger partial charge on any atom is 0.333 e. The lowest BCUT2D eigenvalue weighted by molar-refractivity contribution is -0.139. The lowest BCUT2D eigenvalue weighted by Gasteiger charge is -2.09. The van der Waals surface area contributed by atoms with E-state index < -0.39 is 0 Å². The van der Waals surface area contributed by atoms with Gasteiger partial charge in [-0.1, -0.05) is 13.2 Å². The van der Waals surface area contributed by atoms with Gasteiger partial charge in [0.1, 0.15) is 13.2 Å². The molecule has 0 aromatic heterocycles. The fourth-order valence-electron chi connectivity index (χ4n) is 0.719. The molecule has 132 valence electrons. The van der Waals surface area contributed by atoms with Gasteiger partial charge in [-0.25, -0.2) is 9.59 Å². The molecular weight excluding hydrogens is 331 g/mol. The SMILES string of the molecule is C=C(C)C(=O)OCCN.C=C(C)C(=O)OCCN(C)C.Cl.Cl. The van der Waals surface area contributed by atoms with Gasteiger partial charge >= 0.3 is 11.9 Å². The summed E-state index contributed by atoms with van der Waals surface area (Å²) in [5.41, 5.74) is 5.92. The van der Waals surface area contributed by atoms with Crippen molar-refractivity contribution in [3.8, 4) is 0 Å². The first kappa shape index (κ1) is 29.0. The maximum absolute atomic E-state index is 10.8. The van der Waals surface area contributed by atoms with Crippen molar-refractivity contribution in [2.75, 3.05) is 40.4 Å². The van der Waals surface area contributed by atoms with Gasteiger partial charge in [-0.15, -0.1) is 24.8 Å². The summed E-state index contributed by atoms with van der Waals surface area (Å²) in [5.74, 6) is -0.688. The molecular formula is C14H28Cl2N2O4. The van der Waals surface area contributed by atoms with Crippen molar-refractivity contribution < 1.29 is 19.1 Å². The number of hydrogen-bond donors (Lipinski definition) is 1. The Balaban J connectivity index is -0.000000137. The molecule has 22 heavy (non-hydrogen) atoms. The Bertz CT molecular complexity index is 348. The summed E-state index contributed by atoms with van der Waals surface area (Å²) >= 11 is 0. The van der Waals surface area contributed by atoms with Gasteiger partial charge in [-0.2, -0.15) is 0 Å². The van der Waals surface area contributed by atoms with E-state index in [2.05, 4.69) is 17.9 Å². The second-order valence-corrected chi connectivity index (χ2v) is 4.42. The van der Waals surface area contributed by atoms with E-state index in [-0.39, 0.29) is 43.4 Å². The number of nitrogens with zero attached hydrogens (tertiary/aromatic N) is 1. The summed E-state index contributed by atoms with van der Waals surface area (Å²) in [4.78, 5) is 23.3. The third kappa shape index (κ3) is 21.2. The Hall–Kier alpha value is -1.08. The van der Waals surface area contributed by atoms with E-state index in [1.807, 2.05) is 19.0 Å². The Morgan fingerprint density at radius 3 is 1.59 bits per heavy atom. The molecule has 0 aromatic carbocycles. The largest absolute Gasteiger partial charge is 0.461 e. The lowest BCUT2D eigenvalue weighted by Crippen LogP contribution is -2.20. The smallest absolute Gasteiger partial charge is 0.333 e. The molecule has 0 bridgehead atoms. The molecule has 0 saturated heterocycles. The van der Waals surface area contributed by atoms with Gasteiger partial charge in [0.25, 0.3) is 0 Å². The molecule has 0 rings (SSSR count). The van der Waals surface area contributed by atoms with Crippen molar-refractivity contribution in [3.63, 3.8) is 0 Å². The highest BCUT2D eigenvalue weighted by Crippen LogP contribution is 1.91. The van der Waals surface area contributed by atoms with Crippen molar-refractivity contribution >= 4 is 36.8 Å². The minimum Gasteiger partial charge on any atom is -0.461 e. The molecule has 0 aliphatic rings. The topological polar surface area (TPSA) is 81.9 Å². The Kier molecular flexibility index (Phi) is 23.7. The molecule has 8 heteroatoms. The van der Waals surface area contributed by atoms with Crippen molar-refractivity contribution in [1.82, 2.24) is 4.90 Å². The van der Waals surface area contributed by atoms with Crippen LogP contribution in [-0.4, -0.2) is 57.2 Å². The van der Waals surface area contributed by atoms with Crippen LogP contribution in [0.5, 0.6) is 0 Å². The summed E-state index contributed by atoms with van der Waals surface area (Å²) < 4.78 is 9.42. The van der Waals surface area contributed by atoms with E-state index in [0.717, 1.165) is 6.54 Å². The number of esters is 2. The van der Waals surface area contributed by atoms with Crippen LogP contribution in [0.25, 0.3) is 0 Å². The van der Waals surface area contributed by atoms with Crippen molar-refractivity contribution in [1.29, 1.82) is 0 Å². The fraction of sp³-hybridized carbons (Fsp3) is 0.571. The molecule has 0 unspecified atom stereocenters. The Labute approximate surface area is 145 Å². The molecule has 0 saturated carbocycles. The first-order chi connectivity index (χ1) is 9.22. The maximum atomic E-state index is 10.8. The Morgan fingerprint density at radius 2 is 1.32 bits per heavy atom. The molecule has 2 N–H and O–H groups in total. The molecule has 0 aliphatic carbocycles. The van der Waals surface area contributed by atoms with Crippen LogP contribution >= 0.6 is 24.8 Å². The molecule has 0 aliphatic heterocycles. The second-order valence-electron chi connectivity index (χ2n) is 4.42. The van der Waals surface area contributed by atoms with E-state index >= 15 is 0 Å². The molecule has 0 spiro atoms. The number of carbonyl (C=O) groups is 2. The van der Waals surface area contributed by atoms with Gasteiger partial charge < -0.3 is 20.1 Å². The van der Waals surface area contributed by atoms with Crippen LogP contribution in [0.15, 0.2) is 24.3 Å². The van der Waals surface area contributed by atoms with Gasteiger partial charge in [0.05, 0.1) is 0 Å². The lowest BCUT2D eigenvalue weighted by atomic mass is 10.4. The number of nitrogens with two attached hydrogens (primary N) is 1. The van der Waals surface area contributed by atoms with E-state index in [9.17, 15) is 9.59 Å². The van der Waals surface area contributed by atoms with Crippen LogP contribution in [0.2, 0.25) is 0 Å². The molecule has 0 heterocycles. The monoisotopic (exact) mass is 358 g/mol. The van der Waals surface area contributed by atoms with Gasteiger partial charge in [0.2, 0.25) is 0 Å². The zero-order valence-electron chi connectivity index (χ0n) is 13.7. The third-order valence-corrected chi connectivity index (χ3v) is 1.82. The predicted molar refractivity (Wildman–Crippen MR) is 93.7 cm³/mol. The average molecular weight is 359 g/mol. The first-order valence-corrected chi connectivity index (χ1v) is 6.22. The summed E-state index contributed by atoms with van der Waals surface area (Å²) in [6.45, 7) is 11.9. The van der Waals surface area contributed by atoms with Gasteiger partial charge in [0, 0.05) is 24.2 Å². The van der Waals surface area contributed by atoms with Crippen LogP contribution in [0.3, 0.4) is 0 Å². The summed E-state index contributed by atoms with van der Waals surface area (Å²) in [6, 6.07) is 0. The van der Waals surface area contributed by atoms with E-state index in [4.69, 9.17) is 10.5 Å². The van der Waals surface area contributed by atoms with Crippen LogP contribution < -0.4 is 5.73 Å². The normalized spacial score (nSPS) is 8.45. The predicted octanol–water partition coefficient (Wildman–Crippen LogP) is 1.58. The molecule has 0 amide bonds. The number of hydrogen-bond acceptors (Lipinski definition) is 6. The van der Waals surface area contributed by atoms with Crippen LogP contribution in [0, 0.1) is 0 Å². The second kappa shape index (κ2) is 18.0. The van der Waals surface area contributed by atoms with Crippen molar-refractivity contribution in [3.05, 3.63) is 24.3 Å². The van der Waals surface area contributed by atoms with Crippen molar-refractivity contribution in [2.24, 2.45) is 5.73 Å². The molecule has 6 nitrogen and oxygen atoms in total. The number of ether oxygens (including phenoxy) is 2. The Morgan fingerprint density at radius 1 is 0.955 bits per heavy atom. The molecule has 0 fully saturated rings. The van der Waals surface area contributed by atoms with E-state index in [0.29, 0.717) is 24.3 Å². The summed E-state index contributed by atoms with van der Waals surface area (Å²) in [7, 11) is 3.85. The molecule has 0 radical (unpaired) electrons. The van der Waals surface area contributed by atoms with E-state index in [1.165, 1.54) is 0 Å². The van der Waals surface area contributed by atoms with E-state index in [1.54, 1.807) is 13.8 Å². The van der Waals surface area contributed by atoms with Crippen LogP contribution in [0.1, 0.15) is 13.8 Å². The standard InChI is InChI=1S/C8H15NO2.C6H11NO2.2ClH/c1-7(2)8(10)11-6-5-9(3)4;1-5(2)6(8)9-4-3-7;;/h1,5-6H2,2-4H3;1,3-4,7H2,2H3;2*1H. The van der Waals surface area contributed by atoms with Gasteiger partial charge in [0.15, 0.2) is 0 Å². The zero-order valence-corrected chi connectivity index (χ0v) is 15.3. The molecule has 0 aromatic rings. The number of carbonyl (C=O) groups excluding carboxylic acids is 2. The number of likely N-dealkylation sites (N-methyl/N-ethyl adjacent to an activating group) is 1. The summed E-state index contributed by atoms with van der Waals surface area (Å²) in [6.07, 6.45) is 0. The highest BCUT2D eigenvalue weighted by atomic mass is 35.5. The van der Waals surface area contributed by atoms with Crippen LogP contribution in [-0.2, 0) is 19.1 Å². The zero-order chi connectivity index (χ0) is 16.1.